The Morgan fingerprint density at radius 3 is 2.39 bits per heavy atom. The van der Waals surface area contributed by atoms with Crippen molar-refractivity contribution in [2.75, 3.05) is 19.6 Å². The number of halogens is 1. The van der Waals surface area contributed by atoms with Gasteiger partial charge in [-0.3, -0.25) is 9.69 Å². The fourth-order valence-corrected chi connectivity index (χ4v) is 4.11. The molecule has 2 fully saturated rings. The third-order valence-corrected chi connectivity index (χ3v) is 5.62. The van der Waals surface area contributed by atoms with Crippen molar-refractivity contribution in [3.05, 3.63) is 35.9 Å². The lowest BCUT2D eigenvalue weighted by Crippen LogP contribution is -3.00. The lowest BCUT2D eigenvalue weighted by atomic mass is 9.79. The van der Waals surface area contributed by atoms with E-state index in [1.54, 1.807) is 0 Å². The minimum Gasteiger partial charge on any atom is -1.00 e. The Morgan fingerprint density at radius 1 is 1.17 bits per heavy atom. The van der Waals surface area contributed by atoms with Crippen molar-refractivity contribution in [2.24, 2.45) is 0 Å². The van der Waals surface area contributed by atoms with E-state index in [1.807, 2.05) is 6.92 Å². The Hall–Kier alpha value is -1.06. The molecular formula is C19H29ClN2O. The fourth-order valence-electron chi connectivity index (χ4n) is 4.11. The van der Waals surface area contributed by atoms with E-state index in [0.717, 1.165) is 19.6 Å². The van der Waals surface area contributed by atoms with Crippen molar-refractivity contribution >= 4 is 5.91 Å². The van der Waals surface area contributed by atoms with Crippen LogP contribution in [0, 0.1) is 0 Å². The van der Waals surface area contributed by atoms with Gasteiger partial charge in [-0.25, -0.2) is 0 Å². The first-order valence-electron chi connectivity index (χ1n) is 8.79. The highest BCUT2D eigenvalue weighted by Gasteiger charge is 2.36. The molecular weight excluding hydrogens is 308 g/mol. The molecule has 0 spiro atoms. The number of hydrogen-bond donors (Lipinski definition) is 1. The van der Waals surface area contributed by atoms with Gasteiger partial charge in [0.2, 0.25) is 5.91 Å². The highest BCUT2D eigenvalue weighted by atomic mass is 35.5. The summed E-state index contributed by atoms with van der Waals surface area (Å²) in [5.41, 5.74) is 1.54. The van der Waals surface area contributed by atoms with E-state index in [-0.39, 0.29) is 31.2 Å². The molecule has 0 aromatic heterocycles. The van der Waals surface area contributed by atoms with Crippen LogP contribution in [-0.4, -0.2) is 36.5 Å². The van der Waals surface area contributed by atoms with Gasteiger partial charge in [-0.05, 0) is 51.3 Å². The molecule has 0 radical (unpaired) electrons. The maximum atomic E-state index is 12.5. The van der Waals surface area contributed by atoms with Gasteiger partial charge in [-0.2, -0.15) is 0 Å². The molecule has 1 saturated carbocycles. The number of nitrogens with one attached hydrogen (secondary N) is 1. The van der Waals surface area contributed by atoms with Gasteiger partial charge in [0.1, 0.15) is 0 Å². The molecule has 23 heavy (non-hydrogen) atoms. The van der Waals surface area contributed by atoms with Crippen LogP contribution in [0.4, 0.5) is 0 Å². The molecule has 128 valence electrons. The van der Waals surface area contributed by atoms with E-state index in [4.69, 9.17) is 0 Å². The topological polar surface area (TPSA) is 32.3 Å². The maximum Gasteiger partial charge on any atom is 1.00 e. The molecule has 1 aromatic rings. The molecule has 1 heterocycles. The number of carbonyl (C=O) groups is 1. The second kappa shape index (κ2) is 8.16. The van der Waals surface area contributed by atoms with E-state index < -0.39 is 0 Å². The molecule has 1 aliphatic carbocycles. The summed E-state index contributed by atoms with van der Waals surface area (Å²) in [5.74, 6) is 0.198. The van der Waals surface area contributed by atoms with Crippen LogP contribution >= 0.6 is 0 Å². The zero-order valence-corrected chi connectivity index (χ0v) is 14.8. The molecule has 1 amide bonds. The monoisotopic (exact) mass is 336 g/mol. The first-order chi connectivity index (χ1) is 10.7. The largest absolute Gasteiger partial charge is 1.00 e. The maximum absolute atomic E-state index is 12.5. The zero-order chi connectivity index (χ0) is 15.4. The normalized spacial score (nSPS) is 21.6. The zero-order valence-electron chi connectivity index (χ0n) is 15.1. The number of amides is 1. The van der Waals surface area contributed by atoms with E-state index in [9.17, 15) is 4.79 Å². The highest BCUT2D eigenvalue weighted by molar-refractivity contribution is 5.81. The van der Waals surface area contributed by atoms with Gasteiger partial charge in [-0.15, -0.1) is 0 Å². The lowest BCUT2D eigenvalue weighted by Gasteiger charge is -2.31. The van der Waals surface area contributed by atoms with Crippen molar-refractivity contribution in [3.8, 4) is 0 Å². The third kappa shape index (κ3) is 4.07. The molecule has 2 aliphatic rings. The van der Waals surface area contributed by atoms with Crippen molar-refractivity contribution in [1.29, 1.82) is 0 Å². The number of carbonyl (C=O) groups excluding carboxylic acids is 1. The summed E-state index contributed by atoms with van der Waals surface area (Å²) >= 11 is 0. The van der Waals surface area contributed by atoms with Gasteiger partial charge in [0.25, 0.3) is 0 Å². The summed E-state index contributed by atoms with van der Waals surface area (Å²) < 4.78 is 0. The molecule has 1 saturated heterocycles. The lowest BCUT2D eigenvalue weighted by molar-refractivity contribution is -0.125. The molecule has 1 atom stereocenters. The van der Waals surface area contributed by atoms with Crippen LogP contribution < -0.4 is 17.7 Å². The van der Waals surface area contributed by atoms with E-state index in [1.165, 1.54) is 44.1 Å². The first kappa shape index (κ1) is 18.3. The van der Waals surface area contributed by atoms with Crippen LogP contribution in [0.25, 0.3) is 0 Å². The second-order valence-electron chi connectivity index (χ2n) is 6.99. The van der Waals surface area contributed by atoms with Gasteiger partial charge in [0.15, 0.2) is 0 Å². The predicted octanol–water partition coefficient (Wildman–Crippen LogP) is 0.215. The molecule has 1 N–H and O–H groups in total. The third-order valence-electron chi connectivity index (χ3n) is 5.62. The van der Waals surface area contributed by atoms with Gasteiger partial charge in [0, 0.05) is 12.0 Å². The molecule has 1 aromatic carbocycles. The van der Waals surface area contributed by atoms with Crippen LogP contribution in [0.1, 0.15) is 52.4 Å². The van der Waals surface area contributed by atoms with Gasteiger partial charge < -0.3 is 17.7 Å². The smallest absolute Gasteiger partial charge is 1.00 e. The molecule has 0 bridgehead atoms. The summed E-state index contributed by atoms with van der Waals surface area (Å²) in [7, 11) is 0. The second-order valence-corrected chi connectivity index (χ2v) is 6.99. The highest BCUT2D eigenvalue weighted by Crippen LogP contribution is 2.40. The van der Waals surface area contributed by atoms with Crippen LogP contribution in [0.2, 0.25) is 0 Å². The van der Waals surface area contributed by atoms with Crippen LogP contribution in [0.15, 0.2) is 30.3 Å². The summed E-state index contributed by atoms with van der Waals surface area (Å²) in [6.07, 6.45) is 7.38. The Balaban J connectivity index is 0.00000144. The summed E-state index contributed by atoms with van der Waals surface area (Å²) in [4.78, 5) is 14.8. The minimum atomic E-state index is 0. The van der Waals surface area contributed by atoms with Crippen molar-refractivity contribution in [1.82, 2.24) is 10.2 Å². The van der Waals surface area contributed by atoms with E-state index >= 15 is 0 Å². The number of likely N-dealkylation sites (tertiary alicyclic amines) is 1. The molecule has 4 heteroatoms. The predicted molar refractivity (Wildman–Crippen MR) is 91.0 cm³/mol. The van der Waals surface area contributed by atoms with E-state index in [2.05, 4.69) is 40.5 Å². The van der Waals surface area contributed by atoms with E-state index in [0.29, 0.717) is 0 Å². The minimum absolute atomic E-state index is 0. The number of nitrogens with zero attached hydrogens (tertiary/aromatic N) is 1. The Morgan fingerprint density at radius 2 is 1.78 bits per heavy atom. The van der Waals surface area contributed by atoms with Crippen LogP contribution in [0.3, 0.4) is 0 Å². The molecule has 1 aliphatic heterocycles. The summed E-state index contributed by atoms with van der Waals surface area (Å²) in [6, 6.07) is 10.8. The van der Waals surface area contributed by atoms with Gasteiger partial charge in [0.05, 0.1) is 6.04 Å². The average Bonchev–Trinajstić information content (AvgIpc) is 3.25. The SMILES string of the molecule is CC(C(=O)NCC1(c2ccccc2)CCCC1)N1CCCC1.[Cl-].[H+]. The van der Waals surface area contributed by atoms with Gasteiger partial charge >= 0.3 is 1.43 Å². The van der Waals surface area contributed by atoms with Crippen LogP contribution in [-0.2, 0) is 10.2 Å². The first-order valence-corrected chi connectivity index (χ1v) is 8.79. The Labute approximate surface area is 147 Å². The molecule has 3 nitrogen and oxygen atoms in total. The molecule has 1 unspecified atom stereocenters. The van der Waals surface area contributed by atoms with Crippen molar-refractivity contribution in [3.63, 3.8) is 0 Å². The summed E-state index contributed by atoms with van der Waals surface area (Å²) in [5, 5.41) is 3.26. The molecule has 3 rings (SSSR count). The number of hydrogen-bond acceptors (Lipinski definition) is 2. The number of rotatable bonds is 5. The Bertz CT molecular complexity index is 499. The summed E-state index contributed by atoms with van der Waals surface area (Å²) in [6.45, 7) is 4.97. The fraction of sp³-hybridized carbons (Fsp3) is 0.632. The standard InChI is InChI=1S/C19H28N2O.ClH/c1-16(21-13-7-8-14-21)18(22)20-15-19(11-5-6-12-19)17-9-3-2-4-10-17;/h2-4,9-10,16H,5-8,11-15H2,1H3,(H,20,22);1H. The van der Waals surface area contributed by atoms with Crippen LogP contribution in [0.5, 0.6) is 0 Å². The quantitative estimate of drug-likeness (QED) is 0.834. The number of benzene rings is 1. The van der Waals surface area contributed by atoms with Crippen molar-refractivity contribution in [2.45, 2.75) is 56.9 Å². The average molecular weight is 337 g/mol. The van der Waals surface area contributed by atoms with Gasteiger partial charge in [-0.1, -0.05) is 43.2 Å². The van der Waals surface area contributed by atoms with Crippen molar-refractivity contribution < 1.29 is 18.6 Å². The Kier molecular flexibility index (Phi) is 6.49.